The van der Waals surface area contributed by atoms with Gasteiger partial charge >= 0.3 is 0 Å². The van der Waals surface area contributed by atoms with Gasteiger partial charge in [-0.05, 0) is 22.9 Å². The van der Waals surface area contributed by atoms with Gasteiger partial charge in [-0.25, -0.2) is 5.43 Å². The predicted octanol–water partition coefficient (Wildman–Crippen LogP) is 1.71. The lowest BCUT2D eigenvalue weighted by Crippen LogP contribution is -2.15. The Kier molecular flexibility index (Phi) is 4.06. The zero-order chi connectivity index (χ0) is 11.3. The van der Waals surface area contributed by atoms with Crippen molar-refractivity contribution >= 4 is 28.1 Å². The lowest BCUT2D eigenvalue weighted by molar-refractivity contribution is -0.120. The Labute approximate surface area is 94.9 Å². The molecule has 0 aliphatic rings. The number of nitrogens with zero attached hydrogens (tertiary/aromatic N) is 2. The minimum atomic E-state index is -0.448. The molecule has 0 saturated heterocycles. The molecule has 1 aromatic heterocycles. The highest BCUT2D eigenvalue weighted by atomic mass is 79.9. The Morgan fingerprint density at radius 1 is 1.87 bits per heavy atom. The molecule has 0 fully saturated rings. The van der Waals surface area contributed by atoms with Crippen molar-refractivity contribution in [3.8, 4) is 6.07 Å². The van der Waals surface area contributed by atoms with Crippen LogP contribution in [0.1, 0.15) is 17.9 Å². The predicted molar refractivity (Wildman–Crippen MR) is 57.1 cm³/mol. The Morgan fingerprint density at radius 2 is 2.60 bits per heavy atom. The fourth-order valence-electron chi connectivity index (χ4n) is 0.824. The fourth-order valence-corrected chi connectivity index (χ4v) is 1.13. The van der Waals surface area contributed by atoms with Gasteiger partial charge in [-0.1, -0.05) is 0 Å². The topological polar surface area (TPSA) is 78.4 Å². The number of rotatable bonds is 3. The van der Waals surface area contributed by atoms with Gasteiger partial charge in [-0.15, -0.1) is 0 Å². The van der Waals surface area contributed by atoms with Crippen molar-refractivity contribution in [1.29, 1.82) is 5.26 Å². The highest BCUT2D eigenvalue weighted by molar-refractivity contribution is 9.10. The number of aryl methyl sites for hydroxylation is 1. The van der Waals surface area contributed by atoms with Crippen LogP contribution in [-0.2, 0) is 4.79 Å². The molecule has 78 valence electrons. The van der Waals surface area contributed by atoms with Crippen LogP contribution in [0.4, 0.5) is 0 Å². The van der Waals surface area contributed by atoms with E-state index in [1.54, 1.807) is 19.1 Å². The molecule has 0 saturated carbocycles. The summed E-state index contributed by atoms with van der Waals surface area (Å²) in [6.07, 6.45) is 1.16. The molecule has 1 heterocycles. The first-order valence-corrected chi connectivity index (χ1v) is 4.87. The second kappa shape index (κ2) is 5.32. The summed E-state index contributed by atoms with van der Waals surface area (Å²) in [6, 6.07) is 3.44. The van der Waals surface area contributed by atoms with Crippen molar-refractivity contribution in [1.82, 2.24) is 5.43 Å². The second-order valence-electron chi connectivity index (χ2n) is 2.68. The summed E-state index contributed by atoms with van der Waals surface area (Å²) < 4.78 is 6.08. The van der Waals surface area contributed by atoms with Crippen molar-refractivity contribution in [2.45, 2.75) is 13.3 Å². The van der Waals surface area contributed by atoms with Crippen LogP contribution in [0.5, 0.6) is 0 Å². The van der Waals surface area contributed by atoms with Gasteiger partial charge in [0.25, 0.3) is 5.91 Å². The number of nitriles is 1. The molecule has 0 atom stereocenters. The minimum Gasteiger partial charge on any atom is -0.459 e. The third-order valence-corrected chi connectivity index (χ3v) is 2.28. The van der Waals surface area contributed by atoms with Crippen molar-refractivity contribution in [2.75, 3.05) is 0 Å². The smallest absolute Gasteiger partial charge is 0.254 e. The van der Waals surface area contributed by atoms with E-state index in [-0.39, 0.29) is 6.42 Å². The van der Waals surface area contributed by atoms with Gasteiger partial charge in [0.2, 0.25) is 0 Å². The van der Waals surface area contributed by atoms with Gasteiger partial charge in [0.1, 0.15) is 17.9 Å². The molecule has 0 aliphatic heterocycles. The van der Waals surface area contributed by atoms with Crippen LogP contribution in [0.3, 0.4) is 0 Å². The molecule has 0 spiro atoms. The molecule has 0 unspecified atom stereocenters. The largest absolute Gasteiger partial charge is 0.459 e. The van der Waals surface area contributed by atoms with Crippen molar-refractivity contribution < 1.29 is 9.21 Å². The first-order chi connectivity index (χ1) is 7.13. The maximum Gasteiger partial charge on any atom is 0.254 e. The van der Waals surface area contributed by atoms with Crippen LogP contribution in [-0.4, -0.2) is 12.1 Å². The second-order valence-corrected chi connectivity index (χ2v) is 3.54. The number of hydrazone groups is 1. The average Bonchev–Trinajstić information content (AvgIpc) is 2.46. The molecule has 1 rings (SSSR count). The van der Waals surface area contributed by atoms with E-state index in [0.29, 0.717) is 5.76 Å². The molecule has 0 bridgehead atoms. The number of carbonyl (C=O) groups is 1. The summed E-state index contributed by atoms with van der Waals surface area (Å²) in [4.78, 5) is 10.8. The summed E-state index contributed by atoms with van der Waals surface area (Å²) >= 11 is 3.28. The van der Waals surface area contributed by atoms with E-state index in [9.17, 15) is 4.79 Å². The third-order valence-electron chi connectivity index (χ3n) is 1.50. The molecule has 6 heteroatoms. The molecular formula is C9H8BrN3O2. The molecule has 15 heavy (non-hydrogen) atoms. The van der Waals surface area contributed by atoms with E-state index in [0.717, 1.165) is 10.2 Å². The zero-order valence-electron chi connectivity index (χ0n) is 7.95. The zero-order valence-corrected chi connectivity index (χ0v) is 9.54. The highest BCUT2D eigenvalue weighted by Crippen LogP contribution is 2.18. The first kappa shape index (κ1) is 11.5. The monoisotopic (exact) mass is 269 g/mol. The summed E-state index contributed by atoms with van der Waals surface area (Å²) in [5.41, 5.74) is 2.19. The number of amides is 1. The Bertz CT molecular complexity index is 412. The van der Waals surface area contributed by atoms with E-state index in [1.807, 2.05) is 0 Å². The molecule has 1 aromatic rings. The van der Waals surface area contributed by atoms with E-state index in [1.165, 1.54) is 6.21 Å². The molecule has 1 N–H and O–H groups in total. The molecule has 1 amide bonds. The van der Waals surface area contributed by atoms with Gasteiger partial charge in [0.15, 0.2) is 0 Å². The number of hydrogen-bond acceptors (Lipinski definition) is 4. The SMILES string of the molecule is Cc1oc(/C=N\NC(=O)CC#N)cc1Br. The molecular weight excluding hydrogens is 262 g/mol. The van der Waals surface area contributed by atoms with Crippen LogP contribution >= 0.6 is 15.9 Å². The van der Waals surface area contributed by atoms with Crippen LogP contribution in [0, 0.1) is 18.3 Å². The fraction of sp³-hybridized carbons (Fsp3) is 0.222. The quantitative estimate of drug-likeness (QED) is 0.670. The van der Waals surface area contributed by atoms with E-state index >= 15 is 0 Å². The molecule has 0 radical (unpaired) electrons. The summed E-state index contributed by atoms with van der Waals surface area (Å²) in [5.74, 6) is 0.813. The van der Waals surface area contributed by atoms with Crippen molar-refractivity contribution in [2.24, 2.45) is 5.10 Å². The lowest BCUT2D eigenvalue weighted by atomic mass is 10.4. The van der Waals surface area contributed by atoms with Crippen LogP contribution in [0.25, 0.3) is 0 Å². The van der Waals surface area contributed by atoms with E-state index in [4.69, 9.17) is 9.68 Å². The van der Waals surface area contributed by atoms with Crippen molar-refractivity contribution in [3.63, 3.8) is 0 Å². The number of halogens is 1. The van der Waals surface area contributed by atoms with Crippen LogP contribution in [0.2, 0.25) is 0 Å². The number of furan rings is 1. The first-order valence-electron chi connectivity index (χ1n) is 4.08. The van der Waals surface area contributed by atoms with Crippen LogP contribution in [0.15, 0.2) is 20.1 Å². The Hall–Kier alpha value is -1.61. The maximum absolute atomic E-state index is 10.8. The number of carbonyl (C=O) groups excluding carboxylic acids is 1. The Morgan fingerprint density at radius 3 is 3.13 bits per heavy atom. The van der Waals surface area contributed by atoms with E-state index < -0.39 is 5.91 Å². The van der Waals surface area contributed by atoms with Crippen molar-refractivity contribution in [3.05, 3.63) is 22.1 Å². The van der Waals surface area contributed by atoms with Gasteiger partial charge in [0.05, 0.1) is 16.8 Å². The average molecular weight is 270 g/mol. The highest BCUT2D eigenvalue weighted by Gasteiger charge is 2.02. The summed E-state index contributed by atoms with van der Waals surface area (Å²) in [7, 11) is 0. The lowest BCUT2D eigenvalue weighted by Gasteiger charge is -1.90. The van der Waals surface area contributed by atoms with Gasteiger partial charge in [-0.2, -0.15) is 10.4 Å². The number of hydrogen-bond donors (Lipinski definition) is 1. The normalized spacial score (nSPS) is 10.2. The summed E-state index contributed by atoms with van der Waals surface area (Å²) in [5, 5.41) is 11.8. The molecule has 0 aromatic carbocycles. The standard InChI is InChI=1S/C9H8BrN3O2/c1-6-8(10)4-7(15-6)5-12-13-9(14)2-3-11/h4-5H,2H2,1H3,(H,13,14)/b12-5-. The molecule has 5 nitrogen and oxygen atoms in total. The Balaban J connectivity index is 2.52. The van der Waals surface area contributed by atoms with Crippen LogP contribution < -0.4 is 5.43 Å². The molecule has 0 aliphatic carbocycles. The van der Waals surface area contributed by atoms with Gasteiger partial charge in [-0.3, -0.25) is 4.79 Å². The number of nitrogens with one attached hydrogen (secondary N) is 1. The summed E-state index contributed by atoms with van der Waals surface area (Å²) in [6.45, 7) is 1.80. The van der Waals surface area contributed by atoms with E-state index in [2.05, 4.69) is 26.5 Å². The third kappa shape index (κ3) is 3.56. The maximum atomic E-state index is 10.8. The van der Waals surface area contributed by atoms with Gasteiger partial charge in [0, 0.05) is 6.07 Å². The minimum absolute atomic E-state index is 0.210. The van der Waals surface area contributed by atoms with Gasteiger partial charge < -0.3 is 4.42 Å².